The molecule has 0 bridgehead atoms. The van der Waals surface area contributed by atoms with E-state index in [1.54, 1.807) is 7.11 Å². The van der Waals surface area contributed by atoms with Gasteiger partial charge in [-0.3, -0.25) is 0 Å². The fraction of sp³-hybridized carbons (Fsp3) is 0.500. The lowest BCUT2D eigenvalue weighted by molar-refractivity contribution is 0.229. The minimum absolute atomic E-state index is 0. The highest BCUT2D eigenvalue weighted by atomic mass is 35.5. The summed E-state index contributed by atoms with van der Waals surface area (Å²) in [6, 6.07) is 6.17. The average Bonchev–Trinajstić information content (AvgIpc) is 3.02. The number of nitrogens with one attached hydrogen (secondary N) is 1. The van der Waals surface area contributed by atoms with Gasteiger partial charge in [-0.15, -0.1) is 12.4 Å². The van der Waals surface area contributed by atoms with E-state index in [0.717, 1.165) is 35.7 Å². The van der Waals surface area contributed by atoms with E-state index in [-0.39, 0.29) is 18.3 Å². The van der Waals surface area contributed by atoms with Crippen molar-refractivity contribution in [3.8, 4) is 11.5 Å². The lowest BCUT2D eigenvalue weighted by Crippen LogP contribution is -2.24. The summed E-state index contributed by atoms with van der Waals surface area (Å²) in [5.41, 5.74) is 1.11. The number of hydrogen-bond donors (Lipinski definition) is 1. The number of hydrogen-bond acceptors (Lipinski definition) is 6. The largest absolute Gasteiger partial charge is 0.497 e. The SMILES string of the molecule is CNC(C)Cc1noc(C2COc3ccc(OC)cc3C2)n1.Cl. The molecular formula is C16H22ClN3O3. The molecule has 0 aliphatic carbocycles. The lowest BCUT2D eigenvalue weighted by atomic mass is 9.96. The zero-order valence-corrected chi connectivity index (χ0v) is 14.4. The Kier molecular flexibility index (Phi) is 5.85. The summed E-state index contributed by atoms with van der Waals surface area (Å²) in [4.78, 5) is 4.51. The Balaban J connectivity index is 0.00000192. The number of rotatable bonds is 5. The molecule has 1 aliphatic heterocycles. The van der Waals surface area contributed by atoms with Gasteiger partial charge < -0.3 is 19.3 Å². The molecule has 2 aromatic rings. The first-order valence-corrected chi connectivity index (χ1v) is 7.49. The monoisotopic (exact) mass is 339 g/mol. The molecule has 2 atom stereocenters. The van der Waals surface area contributed by atoms with Gasteiger partial charge in [0.1, 0.15) is 18.1 Å². The Bertz CT molecular complexity index is 647. The van der Waals surface area contributed by atoms with Gasteiger partial charge in [-0.05, 0) is 44.2 Å². The second kappa shape index (κ2) is 7.66. The molecule has 23 heavy (non-hydrogen) atoms. The minimum Gasteiger partial charge on any atom is -0.497 e. The van der Waals surface area contributed by atoms with Crippen molar-refractivity contribution in [2.75, 3.05) is 20.8 Å². The van der Waals surface area contributed by atoms with Crippen LogP contribution in [0.1, 0.15) is 30.1 Å². The van der Waals surface area contributed by atoms with Crippen molar-refractivity contribution < 1.29 is 14.0 Å². The average molecular weight is 340 g/mol. The molecule has 0 radical (unpaired) electrons. The number of fused-ring (bicyclic) bond motifs is 1. The number of aromatic nitrogens is 2. The van der Waals surface area contributed by atoms with Crippen molar-refractivity contribution in [2.45, 2.75) is 31.7 Å². The van der Waals surface area contributed by atoms with Crippen LogP contribution >= 0.6 is 12.4 Å². The first-order valence-electron chi connectivity index (χ1n) is 7.49. The number of nitrogens with zero attached hydrogens (tertiary/aromatic N) is 2. The van der Waals surface area contributed by atoms with Crippen LogP contribution in [0.2, 0.25) is 0 Å². The molecule has 0 spiro atoms. The highest BCUT2D eigenvalue weighted by Crippen LogP contribution is 2.34. The molecule has 1 aromatic heterocycles. The molecular weight excluding hydrogens is 318 g/mol. The van der Waals surface area contributed by atoms with Crippen LogP contribution in [0.25, 0.3) is 0 Å². The van der Waals surface area contributed by atoms with Crippen molar-refractivity contribution >= 4 is 12.4 Å². The first kappa shape index (κ1) is 17.6. The third-order valence-corrected chi connectivity index (χ3v) is 3.99. The molecule has 0 amide bonds. The minimum atomic E-state index is 0. The third-order valence-electron chi connectivity index (χ3n) is 3.99. The van der Waals surface area contributed by atoms with Crippen molar-refractivity contribution in [3.05, 3.63) is 35.5 Å². The molecule has 0 saturated carbocycles. The van der Waals surface area contributed by atoms with E-state index in [1.807, 2.05) is 25.2 Å². The fourth-order valence-electron chi connectivity index (χ4n) is 2.55. The van der Waals surface area contributed by atoms with Gasteiger partial charge in [0.25, 0.3) is 0 Å². The maximum absolute atomic E-state index is 5.81. The smallest absolute Gasteiger partial charge is 0.233 e. The summed E-state index contributed by atoms with van der Waals surface area (Å²) in [5.74, 6) is 3.20. The van der Waals surface area contributed by atoms with E-state index >= 15 is 0 Å². The normalized spacial score (nSPS) is 17.6. The Morgan fingerprint density at radius 2 is 2.26 bits per heavy atom. The van der Waals surface area contributed by atoms with E-state index in [1.165, 1.54) is 0 Å². The van der Waals surface area contributed by atoms with Gasteiger partial charge in [0.2, 0.25) is 5.89 Å². The van der Waals surface area contributed by atoms with Crippen LogP contribution < -0.4 is 14.8 Å². The molecule has 0 fully saturated rings. The van der Waals surface area contributed by atoms with Gasteiger partial charge in [-0.2, -0.15) is 4.98 Å². The Hall–Kier alpha value is -1.79. The second-order valence-electron chi connectivity index (χ2n) is 5.63. The predicted molar refractivity (Wildman–Crippen MR) is 88.7 cm³/mol. The summed E-state index contributed by atoms with van der Waals surface area (Å²) in [6.07, 6.45) is 1.56. The van der Waals surface area contributed by atoms with E-state index < -0.39 is 0 Å². The van der Waals surface area contributed by atoms with E-state index in [9.17, 15) is 0 Å². The molecule has 0 saturated heterocycles. The summed E-state index contributed by atoms with van der Waals surface area (Å²) < 4.78 is 16.5. The fourth-order valence-corrected chi connectivity index (χ4v) is 2.55. The first-order chi connectivity index (χ1) is 10.7. The number of likely N-dealkylation sites (N-methyl/N-ethyl adjacent to an activating group) is 1. The topological polar surface area (TPSA) is 69.4 Å². The van der Waals surface area contributed by atoms with Crippen LogP contribution in [0, 0.1) is 0 Å². The standard InChI is InChI=1S/C16H21N3O3.ClH/c1-10(17-2)6-15-18-16(22-19-15)12-7-11-8-13(20-3)4-5-14(11)21-9-12;/h4-5,8,10,12,17H,6-7,9H2,1-3H3;1H. The van der Waals surface area contributed by atoms with Crippen molar-refractivity contribution in [3.63, 3.8) is 0 Å². The van der Waals surface area contributed by atoms with Gasteiger partial charge in [0, 0.05) is 12.5 Å². The molecule has 3 rings (SSSR count). The molecule has 126 valence electrons. The molecule has 1 aliphatic rings. The third kappa shape index (κ3) is 3.95. The van der Waals surface area contributed by atoms with Crippen molar-refractivity contribution in [2.24, 2.45) is 0 Å². The zero-order chi connectivity index (χ0) is 15.5. The van der Waals surface area contributed by atoms with Crippen molar-refractivity contribution in [1.29, 1.82) is 0 Å². The Morgan fingerprint density at radius 1 is 1.43 bits per heavy atom. The molecule has 7 heteroatoms. The van der Waals surface area contributed by atoms with Crippen LogP contribution in [0.5, 0.6) is 11.5 Å². The van der Waals surface area contributed by atoms with Crippen LogP contribution in [-0.2, 0) is 12.8 Å². The number of methoxy groups -OCH3 is 1. The highest BCUT2D eigenvalue weighted by Gasteiger charge is 2.26. The van der Waals surface area contributed by atoms with Gasteiger partial charge in [-0.25, -0.2) is 0 Å². The summed E-state index contributed by atoms with van der Waals surface area (Å²) in [7, 11) is 3.58. The van der Waals surface area contributed by atoms with Crippen LogP contribution in [-0.4, -0.2) is 36.9 Å². The van der Waals surface area contributed by atoms with Gasteiger partial charge in [0.05, 0.1) is 13.0 Å². The predicted octanol–water partition coefficient (Wildman–Crippen LogP) is 2.37. The molecule has 1 N–H and O–H groups in total. The zero-order valence-electron chi connectivity index (χ0n) is 13.5. The molecule has 2 unspecified atom stereocenters. The van der Waals surface area contributed by atoms with Crippen LogP contribution in [0.15, 0.2) is 22.7 Å². The van der Waals surface area contributed by atoms with Crippen LogP contribution in [0.4, 0.5) is 0 Å². The molecule has 6 nitrogen and oxygen atoms in total. The van der Waals surface area contributed by atoms with Crippen molar-refractivity contribution in [1.82, 2.24) is 15.5 Å². The molecule has 2 heterocycles. The highest BCUT2D eigenvalue weighted by molar-refractivity contribution is 5.85. The van der Waals surface area contributed by atoms with E-state index in [0.29, 0.717) is 18.5 Å². The summed E-state index contributed by atoms with van der Waals surface area (Å²) >= 11 is 0. The van der Waals surface area contributed by atoms with E-state index in [4.69, 9.17) is 14.0 Å². The number of ether oxygens (including phenoxy) is 2. The Morgan fingerprint density at radius 3 is 3.00 bits per heavy atom. The number of benzene rings is 1. The second-order valence-corrected chi connectivity index (χ2v) is 5.63. The molecule has 1 aromatic carbocycles. The van der Waals surface area contributed by atoms with Gasteiger partial charge in [0.15, 0.2) is 5.82 Å². The van der Waals surface area contributed by atoms with Gasteiger partial charge in [-0.1, -0.05) is 5.16 Å². The Labute approximate surface area is 142 Å². The van der Waals surface area contributed by atoms with Crippen LogP contribution in [0.3, 0.4) is 0 Å². The maximum Gasteiger partial charge on any atom is 0.233 e. The summed E-state index contributed by atoms with van der Waals surface area (Å²) in [6.45, 7) is 2.64. The van der Waals surface area contributed by atoms with Gasteiger partial charge >= 0.3 is 0 Å². The maximum atomic E-state index is 5.81. The lowest BCUT2D eigenvalue weighted by Gasteiger charge is -2.23. The summed E-state index contributed by atoms with van der Waals surface area (Å²) in [5, 5.41) is 7.23. The van der Waals surface area contributed by atoms with E-state index in [2.05, 4.69) is 22.4 Å². The number of halogens is 1. The quantitative estimate of drug-likeness (QED) is 0.902.